The molecule has 26 heavy (non-hydrogen) atoms. The minimum atomic E-state index is -0.0492. The van der Waals surface area contributed by atoms with E-state index in [0.29, 0.717) is 18.5 Å². The monoisotopic (exact) mass is 358 g/mol. The minimum absolute atomic E-state index is 0.0492. The van der Waals surface area contributed by atoms with Gasteiger partial charge >= 0.3 is 0 Å². The number of nitrogens with one attached hydrogen (secondary N) is 2. The van der Waals surface area contributed by atoms with Crippen molar-refractivity contribution in [1.29, 1.82) is 0 Å². The highest BCUT2D eigenvalue weighted by Crippen LogP contribution is 2.26. The molecule has 1 aromatic carbocycles. The maximum Gasteiger partial charge on any atom is 0.188 e. The number of hydrogen-bond donors (Lipinski definition) is 3. The van der Waals surface area contributed by atoms with Crippen molar-refractivity contribution < 1.29 is 4.74 Å². The minimum Gasteiger partial charge on any atom is -0.381 e. The number of guanidine groups is 1. The molecule has 5 heteroatoms. The molecule has 0 amide bonds. The smallest absolute Gasteiger partial charge is 0.188 e. The van der Waals surface area contributed by atoms with E-state index in [2.05, 4.69) is 47.9 Å². The molecule has 0 spiro atoms. The van der Waals surface area contributed by atoms with Gasteiger partial charge in [-0.25, -0.2) is 0 Å². The Morgan fingerprint density at radius 3 is 2.58 bits per heavy atom. The lowest BCUT2D eigenvalue weighted by atomic mass is 9.88. The number of ether oxygens (including phenoxy) is 1. The van der Waals surface area contributed by atoms with E-state index in [1.54, 1.807) is 0 Å². The summed E-state index contributed by atoms with van der Waals surface area (Å²) >= 11 is 0. The topological polar surface area (TPSA) is 71.7 Å². The van der Waals surface area contributed by atoms with Crippen LogP contribution in [0.3, 0.4) is 0 Å². The summed E-state index contributed by atoms with van der Waals surface area (Å²) in [5.74, 6) is 0.594. The van der Waals surface area contributed by atoms with Crippen LogP contribution in [0.5, 0.6) is 0 Å². The summed E-state index contributed by atoms with van der Waals surface area (Å²) in [6, 6.07) is 11.4. The van der Waals surface area contributed by atoms with Crippen LogP contribution in [-0.4, -0.2) is 37.3 Å². The molecule has 2 fully saturated rings. The quantitative estimate of drug-likeness (QED) is 0.540. The Bertz CT molecular complexity index is 563. The molecule has 1 heterocycles. The summed E-state index contributed by atoms with van der Waals surface area (Å²) in [5.41, 5.74) is 7.45. The van der Waals surface area contributed by atoms with Gasteiger partial charge in [-0.1, -0.05) is 49.6 Å². The van der Waals surface area contributed by atoms with Gasteiger partial charge in [0.25, 0.3) is 0 Å². The molecular weight excluding hydrogens is 324 g/mol. The van der Waals surface area contributed by atoms with Crippen molar-refractivity contribution in [2.75, 3.05) is 19.8 Å². The van der Waals surface area contributed by atoms with Crippen molar-refractivity contribution in [3.63, 3.8) is 0 Å². The normalized spacial score (nSPS) is 22.7. The summed E-state index contributed by atoms with van der Waals surface area (Å²) in [5, 5.41) is 7.27. The van der Waals surface area contributed by atoms with Crippen molar-refractivity contribution in [3.05, 3.63) is 35.9 Å². The first-order chi connectivity index (χ1) is 12.7. The first kappa shape index (κ1) is 19.2. The fraction of sp³-hybridized carbons (Fsp3) is 0.667. The average molecular weight is 359 g/mol. The van der Waals surface area contributed by atoms with Crippen LogP contribution in [0.15, 0.2) is 35.3 Å². The van der Waals surface area contributed by atoms with Crippen molar-refractivity contribution in [2.24, 2.45) is 10.7 Å². The third kappa shape index (κ3) is 5.45. The zero-order valence-electron chi connectivity index (χ0n) is 16.0. The van der Waals surface area contributed by atoms with Crippen molar-refractivity contribution in [3.8, 4) is 0 Å². The summed E-state index contributed by atoms with van der Waals surface area (Å²) in [4.78, 5) is 4.73. The van der Waals surface area contributed by atoms with Gasteiger partial charge < -0.3 is 21.1 Å². The third-order valence-electron chi connectivity index (χ3n) is 5.78. The Kier molecular flexibility index (Phi) is 6.92. The number of hydrogen-bond acceptors (Lipinski definition) is 3. The molecule has 1 saturated heterocycles. The fourth-order valence-electron chi connectivity index (χ4n) is 4.13. The highest BCUT2D eigenvalue weighted by molar-refractivity contribution is 5.78. The molecule has 2 aliphatic rings. The van der Waals surface area contributed by atoms with Crippen molar-refractivity contribution >= 4 is 5.96 Å². The van der Waals surface area contributed by atoms with Gasteiger partial charge in [0.1, 0.15) is 0 Å². The van der Waals surface area contributed by atoms with Crippen LogP contribution in [0.1, 0.15) is 63.5 Å². The van der Waals surface area contributed by atoms with Crippen LogP contribution in [0.2, 0.25) is 0 Å². The lowest BCUT2D eigenvalue weighted by Gasteiger charge is -2.39. The lowest BCUT2D eigenvalue weighted by molar-refractivity contribution is 0.0374. The Hall–Kier alpha value is -1.59. The van der Waals surface area contributed by atoms with Crippen LogP contribution in [-0.2, 0) is 4.74 Å². The zero-order valence-corrected chi connectivity index (χ0v) is 16.0. The van der Waals surface area contributed by atoms with Gasteiger partial charge in [-0.05, 0) is 38.2 Å². The highest BCUT2D eigenvalue weighted by Gasteiger charge is 2.34. The first-order valence-corrected chi connectivity index (χ1v) is 10.1. The van der Waals surface area contributed by atoms with E-state index in [4.69, 9.17) is 15.5 Å². The molecule has 0 bridgehead atoms. The highest BCUT2D eigenvalue weighted by atomic mass is 16.5. The molecule has 0 radical (unpaired) electrons. The fourth-order valence-corrected chi connectivity index (χ4v) is 4.13. The van der Waals surface area contributed by atoms with Crippen LogP contribution in [0.25, 0.3) is 0 Å². The van der Waals surface area contributed by atoms with Crippen LogP contribution in [0, 0.1) is 0 Å². The molecule has 4 N–H and O–H groups in total. The number of aliphatic imine (C=N–C) groups is 1. The number of nitrogens with zero attached hydrogens (tertiary/aromatic N) is 1. The van der Waals surface area contributed by atoms with E-state index >= 15 is 0 Å². The third-order valence-corrected chi connectivity index (χ3v) is 5.78. The predicted octanol–water partition coefficient (Wildman–Crippen LogP) is 3.12. The van der Waals surface area contributed by atoms with Crippen LogP contribution < -0.4 is 16.4 Å². The van der Waals surface area contributed by atoms with Gasteiger partial charge in [0, 0.05) is 30.8 Å². The Morgan fingerprint density at radius 1 is 1.19 bits per heavy atom. The van der Waals surface area contributed by atoms with Gasteiger partial charge in [0.2, 0.25) is 0 Å². The molecule has 144 valence electrons. The SMILES string of the molecule is CC(NC1(CN=C(N)NC2CCCCC2)CCOCC1)c1ccccc1. The molecule has 1 aromatic rings. The lowest BCUT2D eigenvalue weighted by Crippen LogP contribution is -2.53. The summed E-state index contributed by atoms with van der Waals surface area (Å²) in [6.45, 7) is 4.47. The van der Waals surface area contributed by atoms with E-state index in [1.807, 2.05) is 0 Å². The van der Waals surface area contributed by atoms with Gasteiger partial charge in [-0.3, -0.25) is 4.99 Å². The van der Waals surface area contributed by atoms with Gasteiger partial charge in [0.15, 0.2) is 5.96 Å². The second-order valence-electron chi connectivity index (χ2n) is 7.85. The summed E-state index contributed by atoms with van der Waals surface area (Å²) < 4.78 is 5.61. The van der Waals surface area contributed by atoms with Crippen molar-refractivity contribution in [1.82, 2.24) is 10.6 Å². The molecule has 1 saturated carbocycles. The van der Waals surface area contributed by atoms with Gasteiger partial charge in [0.05, 0.1) is 6.54 Å². The Labute approximate surface area is 157 Å². The maximum absolute atomic E-state index is 6.20. The number of benzene rings is 1. The molecular formula is C21H34N4O. The second kappa shape index (κ2) is 9.38. The van der Waals surface area contributed by atoms with Crippen LogP contribution in [0.4, 0.5) is 0 Å². The van der Waals surface area contributed by atoms with E-state index in [9.17, 15) is 0 Å². The maximum atomic E-state index is 6.20. The van der Waals surface area contributed by atoms with Crippen LogP contribution >= 0.6 is 0 Å². The van der Waals surface area contributed by atoms with E-state index in [0.717, 1.165) is 26.1 Å². The molecule has 5 nitrogen and oxygen atoms in total. The average Bonchev–Trinajstić information content (AvgIpc) is 2.69. The predicted molar refractivity (Wildman–Crippen MR) is 107 cm³/mol. The molecule has 1 unspecified atom stereocenters. The van der Waals surface area contributed by atoms with E-state index < -0.39 is 0 Å². The molecule has 1 aliphatic heterocycles. The van der Waals surface area contributed by atoms with Gasteiger partial charge in [-0.15, -0.1) is 0 Å². The summed E-state index contributed by atoms with van der Waals surface area (Å²) in [7, 11) is 0. The van der Waals surface area contributed by atoms with E-state index in [-0.39, 0.29) is 11.6 Å². The van der Waals surface area contributed by atoms with Crippen molar-refractivity contribution in [2.45, 2.75) is 69.5 Å². The number of nitrogens with two attached hydrogens (primary N) is 1. The first-order valence-electron chi connectivity index (χ1n) is 10.1. The largest absolute Gasteiger partial charge is 0.381 e. The Morgan fingerprint density at radius 2 is 1.88 bits per heavy atom. The van der Waals surface area contributed by atoms with Gasteiger partial charge in [-0.2, -0.15) is 0 Å². The molecule has 1 atom stereocenters. The number of rotatable bonds is 6. The molecule has 3 rings (SSSR count). The molecule has 1 aliphatic carbocycles. The molecule has 0 aromatic heterocycles. The standard InChI is InChI=1S/C21H34N4O/c1-17(18-8-4-2-5-9-18)25-21(12-14-26-15-13-21)16-23-20(22)24-19-10-6-3-7-11-19/h2,4-5,8-9,17,19,25H,3,6-7,10-16H2,1H3,(H3,22,23,24). The Balaban J connectivity index is 1.62. The summed E-state index contributed by atoms with van der Waals surface area (Å²) in [6.07, 6.45) is 8.27. The zero-order chi connectivity index (χ0) is 18.2. The second-order valence-corrected chi connectivity index (χ2v) is 7.85. The van der Waals surface area contributed by atoms with E-state index in [1.165, 1.54) is 37.7 Å².